The molecule has 0 radical (unpaired) electrons. The minimum absolute atomic E-state index is 0.0162. The molecule has 0 aromatic heterocycles. The maximum Gasteiger partial charge on any atom is 0.242 e. The Morgan fingerprint density at radius 3 is 2.54 bits per heavy atom. The minimum atomic E-state index is -0.725. The fraction of sp³-hybridized carbons (Fsp3) is 0.300. The van der Waals surface area contributed by atoms with Crippen molar-refractivity contribution in [1.82, 2.24) is 10.2 Å². The fourth-order valence-electron chi connectivity index (χ4n) is 2.57. The van der Waals surface area contributed by atoms with Crippen LogP contribution in [0, 0.1) is 5.82 Å². The van der Waals surface area contributed by atoms with Crippen LogP contribution in [-0.4, -0.2) is 35.6 Å². The lowest BCUT2D eigenvalue weighted by Gasteiger charge is -2.28. The van der Waals surface area contributed by atoms with E-state index in [0.29, 0.717) is 21.4 Å². The number of nitrogens with zero attached hydrogens (tertiary/aromatic N) is 1. The van der Waals surface area contributed by atoms with Crippen LogP contribution in [0.5, 0.6) is 0 Å². The van der Waals surface area contributed by atoms with E-state index in [1.165, 1.54) is 29.8 Å². The lowest BCUT2D eigenvalue weighted by Crippen LogP contribution is -2.47. The summed E-state index contributed by atoms with van der Waals surface area (Å²) in [6.07, 6.45) is 0. The molecule has 0 aliphatic heterocycles. The molecule has 0 unspecified atom stereocenters. The van der Waals surface area contributed by atoms with Gasteiger partial charge in [0.05, 0.1) is 5.75 Å². The lowest BCUT2D eigenvalue weighted by atomic mass is 10.1. The van der Waals surface area contributed by atoms with Gasteiger partial charge in [0, 0.05) is 35.0 Å². The van der Waals surface area contributed by atoms with Crippen molar-refractivity contribution in [3.05, 3.63) is 69.5 Å². The number of benzene rings is 2. The second kappa shape index (κ2) is 10.7. The molecule has 2 amide bonds. The Hall–Kier alpha value is -1.76. The highest BCUT2D eigenvalue weighted by Crippen LogP contribution is 2.25. The molecule has 28 heavy (non-hydrogen) atoms. The molecule has 2 aromatic carbocycles. The summed E-state index contributed by atoms with van der Waals surface area (Å²) in [5.41, 5.74) is 1.22. The predicted molar refractivity (Wildman–Crippen MR) is 113 cm³/mol. The number of carbonyl (C=O) groups excluding carboxylic acids is 2. The first-order valence-corrected chi connectivity index (χ1v) is 10.5. The van der Waals surface area contributed by atoms with Crippen LogP contribution < -0.4 is 5.32 Å². The molecular formula is C20H21Cl2FN2O2S. The third-order valence-corrected chi connectivity index (χ3v) is 5.76. The SMILES string of the molecule is CNC(=O)[C@H](C)N(Cc1ccccc1F)C(=O)CSCc1ccc(Cl)cc1Cl. The molecule has 2 rings (SSSR count). The minimum Gasteiger partial charge on any atom is -0.357 e. The maximum atomic E-state index is 14.0. The lowest BCUT2D eigenvalue weighted by molar-refractivity contribution is -0.138. The molecule has 150 valence electrons. The monoisotopic (exact) mass is 442 g/mol. The molecule has 1 atom stereocenters. The maximum absolute atomic E-state index is 14.0. The summed E-state index contributed by atoms with van der Waals surface area (Å²) in [4.78, 5) is 26.3. The number of likely N-dealkylation sites (N-methyl/N-ethyl adjacent to an activating group) is 1. The second-order valence-corrected chi connectivity index (χ2v) is 7.96. The van der Waals surface area contributed by atoms with E-state index in [2.05, 4.69) is 5.32 Å². The number of halogens is 3. The summed E-state index contributed by atoms with van der Waals surface area (Å²) in [7, 11) is 1.50. The summed E-state index contributed by atoms with van der Waals surface area (Å²) in [5.74, 6) is -0.326. The number of amides is 2. The number of nitrogens with one attached hydrogen (secondary N) is 1. The zero-order chi connectivity index (χ0) is 20.7. The number of hydrogen-bond donors (Lipinski definition) is 1. The molecular weight excluding hydrogens is 422 g/mol. The Morgan fingerprint density at radius 1 is 1.18 bits per heavy atom. The molecule has 0 fully saturated rings. The average molecular weight is 443 g/mol. The van der Waals surface area contributed by atoms with E-state index in [1.807, 2.05) is 6.07 Å². The Kier molecular flexibility index (Phi) is 8.60. The van der Waals surface area contributed by atoms with Crippen LogP contribution in [0.1, 0.15) is 18.1 Å². The van der Waals surface area contributed by atoms with Gasteiger partial charge in [0.1, 0.15) is 11.9 Å². The quantitative estimate of drug-likeness (QED) is 0.653. The van der Waals surface area contributed by atoms with Crippen molar-refractivity contribution in [2.75, 3.05) is 12.8 Å². The summed E-state index contributed by atoms with van der Waals surface area (Å²) in [5, 5.41) is 3.61. The van der Waals surface area contributed by atoms with Gasteiger partial charge in [-0.1, -0.05) is 47.5 Å². The molecule has 4 nitrogen and oxygen atoms in total. The molecule has 0 saturated heterocycles. The zero-order valence-corrected chi connectivity index (χ0v) is 17.9. The highest BCUT2D eigenvalue weighted by molar-refractivity contribution is 7.99. The third-order valence-electron chi connectivity index (χ3n) is 4.21. The van der Waals surface area contributed by atoms with Crippen LogP contribution in [0.15, 0.2) is 42.5 Å². The smallest absolute Gasteiger partial charge is 0.242 e. The van der Waals surface area contributed by atoms with Gasteiger partial charge in [0.2, 0.25) is 11.8 Å². The van der Waals surface area contributed by atoms with E-state index < -0.39 is 11.9 Å². The number of thioether (sulfide) groups is 1. The van der Waals surface area contributed by atoms with Gasteiger partial charge in [-0.2, -0.15) is 0 Å². The van der Waals surface area contributed by atoms with E-state index in [-0.39, 0.29) is 24.1 Å². The summed E-state index contributed by atoms with van der Waals surface area (Å²) in [6.45, 7) is 1.64. The Bertz CT molecular complexity index is 851. The van der Waals surface area contributed by atoms with Gasteiger partial charge in [0.25, 0.3) is 0 Å². The van der Waals surface area contributed by atoms with E-state index >= 15 is 0 Å². The molecule has 0 spiro atoms. The second-order valence-electron chi connectivity index (χ2n) is 6.13. The van der Waals surface area contributed by atoms with Gasteiger partial charge in [-0.15, -0.1) is 11.8 Å². The Balaban J connectivity index is 2.07. The summed E-state index contributed by atoms with van der Waals surface area (Å²) in [6, 6.07) is 10.7. The van der Waals surface area contributed by atoms with Crippen molar-refractivity contribution in [1.29, 1.82) is 0 Å². The molecule has 0 saturated carbocycles. The van der Waals surface area contributed by atoms with Gasteiger partial charge in [-0.05, 0) is 30.7 Å². The third kappa shape index (κ3) is 6.12. The van der Waals surface area contributed by atoms with Crippen molar-refractivity contribution in [2.45, 2.75) is 25.3 Å². The normalized spacial score (nSPS) is 11.8. The van der Waals surface area contributed by atoms with Crippen LogP contribution in [0.2, 0.25) is 10.0 Å². The molecule has 8 heteroatoms. The zero-order valence-electron chi connectivity index (χ0n) is 15.5. The standard InChI is InChI=1S/C20H21Cl2FN2O2S/c1-13(20(27)24-2)25(10-14-5-3-4-6-18(14)23)19(26)12-28-11-15-7-8-16(21)9-17(15)22/h3-9,13H,10-12H2,1-2H3,(H,24,27)/t13-/m0/s1. The predicted octanol–water partition coefficient (Wildman–Crippen LogP) is 4.53. The summed E-state index contributed by atoms with van der Waals surface area (Å²) < 4.78 is 14.0. The molecule has 2 aromatic rings. The van der Waals surface area contributed by atoms with Crippen molar-refractivity contribution in [3.8, 4) is 0 Å². The van der Waals surface area contributed by atoms with Gasteiger partial charge in [0.15, 0.2) is 0 Å². The summed E-state index contributed by atoms with van der Waals surface area (Å²) >= 11 is 13.4. The van der Waals surface area contributed by atoms with Crippen LogP contribution in [0.4, 0.5) is 4.39 Å². The highest BCUT2D eigenvalue weighted by atomic mass is 35.5. The van der Waals surface area contributed by atoms with Crippen LogP contribution >= 0.6 is 35.0 Å². The number of carbonyl (C=O) groups is 2. The molecule has 0 aliphatic carbocycles. The van der Waals surface area contributed by atoms with Crippen molar-refractivity contribution in [2.24, 2.45) is 0 Å². The Labute approximate surface area is 178 Å². The van der Waals surface area contributed by atoms with Gasteiger partial charge < -0.3 is 10.2 Å². The molecule has 0 bridgehead atoms. The van der Waals surface area contributed by atoms with Crippen molar-refractivity contribution < 1.29 is 14.0 Å². The largest absolute Gasteiger partial charge is 0.357 e. The topological polar surface area (TPSA) is 49.4 Å². The van der Waals surface area contributed by atoms with Gasteiger partial charge >= 0.3 is 0 Å². The van der Waals surface area contributed by atoms with Crippen molar-refractivity contribution >= 4 is 46.8 Å². The van der Waals surface area contributed by atoms with Crippen LogP contribution in [-0.2, 0) is 21.9 Å². The average Bonchev–Trinajstić information content (AvgIpc) is 2.67. The van der Waals surface area contributed by atoms with Crippen LogP contribution in [0.25, 0.3) is 0 Å². The van der Waals surface area contributed by atoms with Gasteiger partial charge in [-0.25, -0.2) is 4.39 Å². The first kappa shape index (κ1) is 22.5. The van der Waals surface area contributed by atoms with E-state index in [9.17, 15) is 14.0 Å². The number of rotatable bonds is 8. The molecule has 0 heterocycles. The first-order valence-electron chi connectivity index (χ1n) is 8.59. The molecule has 1 N–H and O–H groups in total. The van der Waals surface area contributed by atoms with Crippen LogP contribution in [0.3, 0.4) is 0 Å². The number of hydrogen-bond acceptors (Lipinski definition) is 3. The first-order chi connectivity index (χ1) is 13.3. The highest BCUT2D eigenvalue weighted by Gasteiger charge is 2.26. The van der Waals surface area contributed by atoms with E-state index in [0.717, 1.165) is 5.56 Å². The van der Waals surface area contributed by atoms with Gasteiger partial charge in [-0.3, -0.25) is 9.59 Å². The van der Waals surface area contributed by atoms with E-state index in [1.54, 1.807) is 37.3 Å². The van der Waals surface area contributed by atoms with E-state index in [4.69, 9.17) is 23.2 Å². The Morgan fingerprint density at radius 2 is 1.89 bits per heavy atom. The van der Waals surface area contributed by atoms with Crippen molar-refractivity contribution in [3.63, 3.8) is 0 Å². The molecule has 0 aliphatic rings. The fourth-order valence-corrected chi connectivity index (χ4v) is 4.04.